The van der Waals surface area contributed by atoms with E-state index in [0.717, 1.165) is 5.39 Å². The van der Waals surface area contributed by atoms with Gasteiger partial charge in [0.05, 0.1) is 8.22 Å². The maximum Gasteiger partial charge on any atom is 0.124 e. The first kappa shape index (κ1) is 7.85. The van der Waals surface area contributed by atoms with Gasteiger partial charge in [0.1, 0.15) is 11.5 Å². The van der Waals surface area contributed by atoms with E-state index in [1.165, 1.54) is 6.07 Å². The molecular formula is C20H14O2. The first-order valence-electron chi connectivity index (χ1n) is 9.69. The SMILES string of the molecule is [2H]c1c([2H])c([2H])c2c(-c3c(O)ccc4ccccc34)c(O)c([2H])c([2H])c2c1[2H]. The second-order valence-electron chi connectivity index (χ2n) is 4.90. The molecule has 22 heavy (non-hydrogen) atoms. The van der Waals surface area contributed by atoms with Crippen LogP contribution in [0.3, 0.4) is 0 Å². The molecule has 4 rings (SSSR count). The number of aromatic hydroxyl groups is 2. The normalized spacial score (nSPS) is 14.9. The summed E-state index contributed by atoms with van der Waals surface area (Å²) >= 11 is 0. The summed E-state index contributed by atoms with van der Waals surface area (Å²) in [5.74, 6) is -0.825. The van der Waals surface area contributed by atoms with Crippen molar-refractivity contribution in [3.8, 4) is 22.6 Å². The summed E-state index contributed by atoms with van der Waals surface area (Å²) in [6.07, 6.45) is 0. The van der Waals surface area contributed by atoms with Crippen LogP contribution in [0.4, 0.5) is 0 Å². The summed E-state index contributed by atoms with van der Waals surface area (Å²) in [5, 5.41) is 22.3. The van der Waals surface area contributed by atoms with E-state index in [1.54, 1.807) is 30.3 Å². The van der Waals surface area contributed by atoms with Crippen LogP contribution in [0.25, 0.3) is 32.7 Å². The van der Waals surface area contributed by atoms with Crippen LogP contribution in [-0.4, -0.2) is 10.2 Å². The molecule has 0 aliphatic rings. The van der Waals surface area contributed by atoms with Gasteiger partial charge in [0.2, 0.25) is 0 Å². The van der Waals surface area contributed by atoms with Crippen LogP contribution >= 0.6 is 0 Å². The first-order chi connectivity index (χ1) is 13.3. The molecule has 0 aliphatic carbocycles. The molecular weight excluding hydrogens is 272 g/mol. The van der Waals surface area contributed by atoms with E-state index >= 15 is 0 Å². The van der Waals surface area contributed by atoms with Crippen molar-refractivity contribution >= 4 is 21.5 Å². The van der Waals surface area contributed by atoms with Gasteiger partial charge in [-0.15, -0.1) is 0 Å². The molecule has 2 nitrogen and oxygen atoms in total. The number of phenols is 2. The van der Waals surface area contributed by atoms with Crippen molar-refractivity contribution < 1.29 is 18.4 Å². The average molecular weight is 292 g/mol. The van der Waals surface area contributed by atoms with E-state index in [2.05, 4.69) is 0 Å². The molecule has 0 atom stereocenters. The summed E-state index contributed by atoms with van der Waals surface area (Å²) in [4.78, 5) is 0. The number of benzene rings is 4. The Bertz CT molecular complexity index is 1290. The zero-order valence-electron chi connectivity index (χ0n) is 17.4. The minimum atomic E-state index is -0.616. The zero-order chi connectivity index (χ0) is 20.3. The second-order valence-corrected chi connectivity index (χ2v) is 4.90. The highest BCUT2D eigenvalue weighted by Crippen LogP contribution is 2.44. The van der Waals surface area contributed by atoms with Crippen LogP contribution in [-0.2, 0) is 0 Å². The van der Waals surface area contributed by atoms with E-state index < -0.39 is 42.0 Å². The van der Waals surface area contributed by atoms with Crippen molar-refractivity contribution in [2.24, 2.45) is 0 Å². The van der Waals surface area contributed by atoms with Gasteiger partial charge < -0.3 is 10.2 Å². The van der Waals surface area contributed by atoms with E-state index in [1.807, 2.05) is 0 Å². The standard InChI is InChI=1S/C20H14O2/c21-17-11-9-13-5-1-3-7-15(13)19(17)20-16-8-4-2-6-14(16)10-12-18(20)22/h1-12,21-22H/i1D,3D,5D,7D,9D,11D. The predicted molar refractivity (Wildman–Crippen MR) is 90.2 cm³/mol. The van der Waals surface area contributed by atoms with E-state index in [0.29, 0.717) is 5.39 Å². The monoisotopic (exact) mass is 292 g/mol. The summed E-state index contributed by atoms with van der Waals surface area (Å²) in [6, 6.07) is 7.14. The Hall–Kier alpha value is -3.00. The van der Waals surface area contributed by atoms with Crippen molar-refractivity contribution in [2.75, 3.05) is 0 Å². The fourth-order valence-corrected chi connectivity index (χ4v) is 2.66. The van der Waals surface area contributed by atoms with Gasteiger partial charge >= 0.3 is 0 Å². The average Bonchev–Trinajstić information content (AvgIpc) is 2.69. The van der Waals surface area contributed by atoms with Gasteiger partial charge in [-0.3, -0.25) is 0 Å². The minimum absolute atomic E-state index is 0.0858. The number of hydrogen-bond donors (Lipinski definition) is 2. The van der Waals surface area contributed by atoms with Crippen LogP contribution in [0, 0.1) is 0 Å². The Morgan fingerprint density at radius 3 is 2.32 bits per heavy atom. The molecule has 2 N–H and O–H groups in total. The highest BCUT2D eigenvalue weighted by Gasteiger charge is 2.16. The molecule has 0 spiro atoms. The Morgan fingerprint density at radius 1 is 0.636 bits per heavy atom. The maximum absolute atomic E-state index is 10.7. The lowest BCUT2D eigenvalue weighted by molar-refractivity contribution is 0.470. The fraction of sp³-hybridized carbons (Fsp3) is 0. The molecule has 106 valence electrons. The van der Waals surface area contributed by atoms with Gasteiger partial charge in [-0.05, 0) is 33.7 Å². The number of rotatable bonds is 1. The largest absolute Gasteiger partial charge is 0.507 e. The molecule has 0 saturated carbocycles. The highest BCUT2D eigenvalue weighted by atomic mass is 16.3. The second kappa shape index (κ2) is 4.78. The molecule has 0 radical (unpaired) electrons. The van der Waals surface area contributed by atoms with Crippen molar-refractivity contribution in [3.63, 3.8) is 0 Å². The lowest BCUT2D eigenvalue weighted by Crippen LogP contribution is -1.86. The zero-order valence-corrected chi connectivity index (χ0v) is 11.4. The molecule has 0 aromatic heterocycles. The molecule has 0 bridgehead atoms. The van der Waals surface area contributed by atoms with E-state index in [9.17, 15) is 10.2 Å². The Balaban J connectivity index is 2.36. The van der Waals surface area contributed by atoms with Gasteiger partial charge in [-0.25, -0.2) is 0 Å². The number of fused-ring (bicyclic) bond motifs is 2. The molecule has 4 aromatic rings. The number of hydrogen-bond acceptors (Lipinski definition) is 2. The van der Waals surface area contributed by atoms with Gasteiger partial charge in [0.15, 0.2) is 0 Å². The topological polar surface area (TPSA) is 40.5 Å². The quantitative estimate of drug-likeness (QED) is 0.514. The summed E-state index contributed by atoms with van der Waals surface area (Å²) in [5.41, 5.74) is 0.0661. The lowest BCUT2D eigenvalue weighted by Gasteiger charge is -2.14. The van der Waals surface area contributed by atoms with E-state index in [4.69, 9.17) is 8.22 Å². The van der Waals surface area contributed by atoms with Gasteiger partial charge in [-0.2, -0.15) is 0 Å². The summed E-state index contributed by atoms with van der Waals surface area (Å²) in [6.45, 7) is 0. The predicted octanol–water partition coefficient (Wildman–Crippen LogP) is 5.07. The Kier molecular flexibility index (Phi) is 1.70. The summed E-state index contributed by atoms with van der Waals surface area (Å²) < 4.78 is 48.6. The van der Waals surface area contributed by atoms with Crippen molar-refractivity contribution in [1.29, 1.82) is 0 Å². The molecule has 0 fully saturated rings. The third kappa shape index (κ3) is 1.81. The van der Waals surface area contributed by atoms with Crippen molar-refractivity contribution in [1.82, 2.24) is 0 Å². The molecule has 0 saturated heterocycles. The first-order valence-corrected chi connectivity index (χ1v) is 6.69. The van der Waals surface area contributed by atoms with Crippen LogP contribution in [0.2, 0.25) is 0 Å². The third-order valence-electron chi connectivity index (χ3n) is 3.64. The maximum atomic E-state index is 10.7. The Labute approximate surface area is 136 Å². The van der Waals surface area contributed by atoms with Gasteiger partial charge in [0.25, 0.3) is 0 Å². The molecule has 0 aliphatic heterocycles. The minimum Gasteiger partial charge on any atom is -0.507 e. The number of phenolic OH excluding ortho intramolecular Hbond substituents is 2. The fourth-order valence-electron chi connectivity index (χ4n) is 2.66. The van der Waals surface area contributed by atoms with Gasteiger partial charge in [0, 0.05) is 11.1 Å². The van der Waals surface area contributed by atoms with E-state index in [-0.39, 0.29) is 27.6 Å². The van der Waals surface area contributed by atoms with Crippen LogP contribution in [0.15, 0.2) is 72.7 Å². The van der Waals surface area contributed by atoms with Crippen molar-refractivity contribution in [3.05, 3.63) is 72.7 Å². The smallest absolute Gasteiger partial charge is 0.124 e. The van der Waals surface area contributed by atoms with Gasteiger partial charge in [-0.1, -0.05) is 60.5 Å². The lowest BCUT2D eigenvalue weighted by atomic mass is 9.92. The molecule has 2 heteroatoms. The van der Waals surface area contributed by atoms with Crippen LogP contribution in [0.1, 0.15) is 8.22 Å². The third-order valence-corrected chi connectivity index (χ3v) is 3.64. The van der Waals surface area contributed by atoms with Crippen molar-refractivity contribution in [2.45, 2.75) is 0 Å². The summed E-state index contributed by atoms with van der Waals surface area (Å²) in [7, 11) is 0. The molecule has 0 amide bonds. The van der Waals surface area contributed by atoms with Crippen LogP contribution in [0.5, 0.6) is 11.5 Å². The molecule has 0 unspecified atom stereocenters. The Morgan fingerprint density at radius 2 is 1.41 bits per heavy atom. The highest BCUT2D eigenvalue weighted by molar-refractivity contribution is 6.09. The molecule has 0 heterocycles. The van der Waals surface area contributed by atoms with Crippen LogP contribution < -0.4 is 0 Å². The molecule has 4 aromatic carbocycles.